The fourth-order valence-corrected chi connectivity index (χ4v) is 0.556. The summed E-state index contributed by atoms with van der Waals surface area (Å²) in [6.07, 6.45) is 7.50. The second-order valence-corrected chi connectivity index (χ2v) is 1.77. The third-order valence-electron chi connectivity index (χ3n) is 0.992. The van der Waals surface area contributed by atoms with Crippen LogP contribution < -0.4 is 0 Å². The van der Waals surface area contributed by atoms with Gasteiger partial charge in [-0.05, 0) is 24.3 Å². The van der Waals surface area contributed by atoms with Crippen molar-refractivity contribution in [1.82, 2.24) is 9.97 Å². The zero-order valence-electron chi connectivity index (χ0n) is 6.20. The molecule has 0 aliphatic carbocycles. The number of rotatable bonds is 0. The van der Waals surface area contributed by atoms with E-state index in [1.54, 1.807) is 0 Å². The Morgan fingerprint density at radius 2 is 0.818 bits per heavy atom. The number of hydrogen-bond acceptors (Lipinski definition) is 0. The molecule has 2 nitrogen and oxygen atoms in total. The van der Waals surface area contributed by atoms with E-state index in [9.17, 15) is 0 Å². The SMILES string of the molecule is [B].c1cc[nH]c1.c1cc[nH]c1. The van der Waals surface area contributed by atoms with Gasteiger partial charge in [0.1, 0.15) is 0 Å². The second kappa shape index (κ2) is 6.74. The quantitative estimate of drug-likeness (QED) is 0.528. The molecule has 0 spiro atoms. The molecule has 2 aromatic rings. The highest BCUT2D eigenvalue weighted by atomic mass is 14.6. The van der Waals surface area contributed by atoms with Crippen LogP contribution in [0.2, 0.25) is 0 Å². The van der Waals surface area contributed by atoms with Crippen LogP contribution in [0.1, 0.15) is 0 Å². The molecule has 0 bridgehead atoms. The van der Waals surface area contributed by atoms with Gasteiger partial charge in [0.25, 0.3) is 0 Å². The molecule has 55 valence electrons. The van der Waals surface area contributed by atoms with Crippen molar-refractivity contribution < 1.29 is 0 Å². The maximum absolute atomic E-state index is 2.86. The molecule has 0 aliphatic heterocycles. The van der Waals surface area contributed by atoms with Gasteiger partial charge in [0.05, 0.1) is 0 Å². The molecule has 0 saturated heterocycles. The molecule has 2 heterocycles. The second-order valence-electron chi connectivity index (χ2n) is 1.77. The van der Waals surface area contributed by atoms with E-state index in [4.69, 9.17) is 0 Å². The van der Waals surface area contributed by atoms with Gasteiger partial charge >= 0.3 is 0 Å². The molecule has 0 amide bonds. The molecule has 0 aliphatic rings. The Morgan fingerprint density at radius 1 is 0.545 bits per heavy atom. The van der Waals surface area contributed by atoms with Crippen LogP contribution in [0.3, 0.4) is 0 Å². The predicted octanol–water partition coefficient (Wildman–Crippen LogP) is 1.65. The van der Waals surface area contributed by atoms with E-state index in [2.05, 4.69) is 9.97 Å². The summed E-state index contributed by atoms with van der Waals surface area (Å²) in [6.45, 7) is 0. The summed E-state index contributed by atoms with van der Waals surface area (Å²) >= 11 is 0. The molecular weight excluding hydrogens is 135 g/mol. The van der Waals surface area contributed by atoms with Gasteiger partial charge < -0.3 is 9.97 Å². The Bertz CT molecular complexity index is 151. The van der Waals surface area contributed by atoms with Crippen LogP contribution in [0.5, 0.6) is 0 Å². The van der Waals surface area contributed by atoms with Gasteiger partial charge in [0.15, 0.2) is 0 Å². The molecule has 2 rings (SSSR count). The normalized spacial score (nSPS) is 7.27. The highest BCUT2D eigenvalue weighted by molar-refractivity contribution is 5.75. The van der Waals surface area contributed by atoms with Gasteiger partial charge in [-0.2, -0.15) is 0 Å². The minimum Gasteiger partial charge on any atom is -0.368 e. The van der Waals surface area contributed by atoms with Crippen molar-refractivity contribution in [2.75, 3.05) is 0 Å². The predicted molar refractivity (Wildman–Crippen MR) is 47.3 cm³/mol. The van der Waals surface area contributed by atoms with Crippen molar-refractivity contribution in [3.8, 4) is 0 Å². The summed E-state index contributed by atoms with van der Waals surface area (Å²) in [7, 11) is 0. The van der Waals surface area contributed by atoms with Crippen LogP contribution in [0.4, 0.5) is 0 Å². The Morgan fingerprint density at radius 3 is 0.909 bits per heavy atom. The molecule has 11 heavy (non-hydrogen) atoms. The molecule has 0 atom stereocenters. The summed E-state index contributed by atoms with van der Waals surface area (Å²) in [5, 5.41) is 0. The average molecular weight is 145 g/mol. The summed E-state index contributed by atoms with van der Waals surface area (Å²) in [5.74, 6) is 0. The number of nitrogens with one attached hydrogen (secondary N) is 2. The highest BCUT2D eigenvalue weighted by Gasteiger charge is 1.56. The van der Waals surface area contributed by atoms with Crippen molar-refractivity contribution in [2.24, 2.45) is 0 Å². The van der Waals surface area contributed by atoms with Crippen molar-refractivity contribution in [3.05, 3.63) is 49.1 Å². The van der Waals surface area contributed by atoms with Gasteiger partial charge in [0.2, 0.25) is 0 Å². The smallest absolute Gasteiger partial charge is 0.000496 e. The van der Waals surface area contributed by atoms with Gasteiger partial charge in [-0.25, -0.2) is 0 Å². The van der Waals surface area contributed by atoms with E-state index in [1.165, 1.54) is 0 Å². The lowest BCUT2D eigenvalue weighted by molar-refractivity contribution is 1.41. The summed E-state index contributed by atoms with van der Waals surface area (Å²) in [5.41, 5.74) is 0. The van der Waals surface area contributed by atoms with Crippen LogP contribution in [-0.2, 0) is 0 Å². The monoisotopic (exact) mass is 145 g/mol. The first-order valence-electron chi connectivity index (χ1n) is 3.15. The highest BCUT2D eigenvalue weighted by Crippen LogP contribution is 1.72. The third-order valence-corrected chi connectivity index (χ3v) is 0.992. The van der Waals surface area contributed by atoms with Crippen LogP contribution >= 0.6 is 0 Å². The molecule has 0 saturated carbocycles. The fourth-order valence-electron chi connectivity index (χ4n) is 0.556. The summed E-state index contributed by atoms with van der Waals surface area (Å²) < 4.78 is 0. The number of H-pyrrole nitrogens is 2. The van der Waals surface area contributed by atoms with Crippen LogP contribution in [0.25, 0.3) is 0 Å². The topological polar surface area (TPSA) is 31.6 Å². The first kappa shape index (κ1) is 9.62. The molecule has 0 aromatic carbocycles. The van der Waals surface area contributed by atoms with Crippen molar-refractivity contribution in [3.63, 3.8) is 0 Å². The van der Waals surface area contributed by atoms with Crippen molar-refractivity contribution in [1.29, 1.82) is 0 Å². The molecular formula is C8H10BN2. The van der Waals surface area contributed by atoms with Gasteiger partial charge in [-0.15, -0.1) is 0 Å². The van der Waals surface area contributed by atoms with Crippen LogP contribution in [-0.4, -0.2) is 18.4 Å². The lowest BCUT2D eigenvalue weighted by Gasteiger charge is -1.49. The first-order valence-corrected chi connectivity index (χ1v) is 3.15. The number of hydrogen-bond donors (Lipinski definition) is 2. The fraction of sp³-hybridized carbons (Fsp3) is 0. The van der Waals surface area contributed by atoms with Crippen molar-refractivity contribution in [2.45, 2.75) is 0 Å². The Balaban J connectivity index is 0.000000167. The number of aromatic nitrogens is 2. The number of aromatic amines is 2. The summed E-state index contributed by atoms with van der Waals surface area (Å²) in [4.78, 5) is 5.72. The molecule has 0 unspecified atom stereocenters. The lowest BCUT2D eigenvalue weighted by atomic mass is 10.7. The third kappa shape index (κ3) is 5.09. The Kier molecular flexibility index (Phi) is 5.90. The van der Waals surface area contributed by atoms with E-state index >= 15 is 0 Å². The Hall–Kier alpha value is -1.38. The van der Waals surface area contributed by atoms with Gasteiger partial charge in [0, 0.05) is 33.2 Å². The van der Waals surface area contributed by atoms with E-state index in [1.807, 2.05) is 49.1 Å². The maximum atomic E-state index is 2.86. The minimum absolute atomic E-state index is 0. The molecule has 0 fully saturated rings. The minimum atomic E-state index is 0. The molecule has 2 aromatic heterocycles. The van der Waals surface area contributed by atoms with E-state index < -0.39 is 0 Å². The zero-order valence-corrected chi connectivity index (χ0v) is 6.20. The first-order chi connectivity index (χ1) is 5.00. The molecule has 3 radical (unpaired) electrons. The zero-order chi connectivity index (χ0) is 7.07. The Labute approximate surface area is 68.2 Å². The largest absolute Gasteiger partial charge is 0.368 e. The van der Waals surface area contributed by atoms with E-state index in [-0.39, 0.29) is 8.41 Å². The van der Waals surface area contributed by atoms with E-state index in [0.29, 0.717) is 0 Å². The standard InChI is InChI=1S/2C4H5N.B/c2*1-2-4-5-3-1;/h2*1-5H;. The van der Waals surface area contributed by atoms with Gasteiger partial charge in [-0.1, -0.05) is 0 Å². The average Bonchev–Trinajstić information content (AvgIpc) is 2.67. The molecule has 2 N–H and O–H groups in total. The van der Waals surface area contributed by atoms with Crippen LogP contribution in [0.15, 0.2) is 49.1 Å². The lowest BCUT2D eigenvalue weighted by Crippen LogP contribution is -1.38. The molecule has 3 heteroatoms. The van der Waals surface area contributed by atoms with Gasteiger partial charge in [-0.3, -0.25) is 0 Å². The van der Waals surface area contributed by atoms with Crippen molar-refractivity contribution >= 4 is 8.41 Å². The van der Waals surface area contributed by atoms with E-state index in [0.717, 1.165) is 0 Å². The summed E-state index contributed by atoms with van der Waals surface area (Å²) in [6, 6.07) is 7.78. The maximum Gasteiger partial charge on any atom is 0.000496 e. The van der Waals surface area contributed by atoms with Crippen LogP contribution in [0, 0.1) is 0 Å².